The molecule has 0 aliphatic rings. The third kappa shape index (κ3) is 6.02. The van der Waals surface area contributed by atoms with E-state index in [2.05, 4.69) is 0 Å². The van der Waals surface area contributed by atoms with Gasteiger partial charge in [-0.15, -0.1) is 0 Å². The second-order valence-electron chi connectivity index (χ2n) is 5.76. The molecule has 1 rings (SSSR count). The Labute approximate surface area is 133 Å². The number of hydrogen-bond donors (Lipinski definition) is 4. The Balaban J connectivity index is 2.56. The van der Waals surface area contributed by atoms with E-state index in [4.69, 9.17) is 5.73 Å². The lowest BCUT2D eigenvalue weighted by Gasteiger charge is -2.28. The fraction of sp³-hybridized carbons (Fsp3) is 0.647. The maximum Gasteiger partial charge on any atom is 0.107 e. The summed E-state index contributed by atoms with van der Waals surface area (Å²) in [6.45, 7) is 6.25. The van der Waals surface area contributed by atoms with Gasteiger partial charge < -0.3 is 21.1 Å². The summed E-state index contributed by atoms with van der Waals surface area (Å²) in [5.74, 6) is 0. The molecule has 126 valence electrons. The zero-order chi connectivity index (χ0) is 16.5. The van der Waals surface area contributed by atoms with E-state index in [1.165, 1.54) is 0 Å². The van der Waals surface area contributed by atoms with E-state index in [9.17, 15) is 15.3 Å². The number of aliphatic hydroxyl groups is 3. The summed E-state index contributed by atoms with van der Waals surface area (Å²) in [6, 6.07) is 8.05. The molecule has 0 fully saturated rings. The van der Waals surface area contributed by atoms with Crippen LogP contribution < -0.4 is 5.73 Å². The van der Waals surface area contributed by atoms with Crippen molar-refractivity contribution in [3.8, 4) is 0 Å². The van der Waals surface area contributed by atoms with Crippen LogP contribution in [0.15, 0.2) is 24.3 Å². The molecule has 3 unspecified atom stereocenters. The van der Waals surface area contributed by atoms with E-state index < -0.39 is 18.3 Å². The van der Waals surface area contributed by atoms with E-state index >= 15 is 0 Å². The Kier molecular flexibility index (Phi) is 8.60. The molecular weight excluding hydrogens is 280 g/mol. The lowest BCUT2D eigenvalue weighted by Crippen LogP contribution is -2.44. The molecule has 3 atom stereocenters. The summed E-state index contributed by atoms with van der Waals surface area (Å²) in [4.78, 5) is 2.05. The van der Waals surface area contributed by atoms with Gasteiger partial charge in [-0.2, -0.15) is 0 Å². The minimum atomic E-state index is -1.10. The first-order chi connectivity index (χ1) is 10.5. The van der Waals surface area contributed by atoms with Crippen LogP contribution in [0.5, 0.6) is 0 Å². The van der Waals surface area contributed by atoms with Gasteiger partial charge in [0.2, 0.25) is 0 Å². The van der Waals surface area contributed by atoms with Crippen LogP contribution in [0.3, 0.4) is 0 Å². The number of hydrogen-bond acceptors (Lipinski definition) is 5. The molecule has 0 amide bonds. The van der Waals surface area contributed by atoms with Crippen LogP contribution in [0.1, 0.15) is 37.8 Å². The zero-order valence-corrected chi connectivity index (χ0v) is 13.7. The molecule has 0 heterocycles. The quantitative estimate of drug-likeness (QED) is 0.514. The fourth-order valence-corrected chi connectivity index (χ4v) is 2.44. The second kappa shape index (κ2) is 9.92. The first-order valence-electron chi connectivity index (χ1n) is 8.06. The highest BCUT2D eigenvalue weighted by Gasteiger charge is 2.25. The largest absolute Gasteiger partial charge is 0.390 e. The maximum atomic E-state index is 10.1. The van der Waals surface area contributed by atoms with Crippen LogP contribution in [0.2, 0.25) is 0 Å². The first-order valence-corrected chi connectivity index (χ1v) is 8.06. The SMILES string of the molecule is CCCC(O)C(O)C(O)CN(CC)Cc1ccc(CN)cc1. The molecule has 1 aromatic carbocycles. The summed E-state index contributed by atoms with van der Waals surface area (Å²) < 4.78 is 0. The van der Waals surface area contributed by atoms with E-state index in [-0.39, 0.29) is 0 Å². The van der Waals surface area contributed by atoms with Gasteiger partial charge in [-0.1, -0.05) is 44.5 Å². The predicted octanol–water partition coefficient (Wildman–Crippen LogP) is 0.850. The topological polar surface area (TPSA) is 90.0 Å². The molecule has 0 saturated carbocycles. The molecular formula is C17H30N2O3. The first kappa shape index (κ1) is 19.1. The van der Waals surface area contributed by atoms with Crippen molar-refractivity contribution in [3.05, 3.63) is 35.4 Å². The van der Waals surface area contributed by atoms with Gasteiger partial charge in [-0.3, -0.25) is 4.90 Å². The van der Waals surface area contributed by atoms with Crippen molar-refractivity contribution >= 4 is 0 Å². The smallest absolute Gasteiger partial charge is 0.107 e. The second-order valence-corrected chi connectivity index (χ2v) is 5.76. The molecule has 0 saturated heterocycles. The lowest BCUT2D eigenvalue weighted by atomic mass is 10.0. The summed E-state index contributed by atoms with van der Waals surface area (Å²) >= 11 is 0. The van der Waals surface area contributed by atoms with E-state index in [0.717, 1.165) is 24.1 Å². The van der Waals surface area contributed by atoms with Gasteiger partial charge in [0.15, 0.2) is 0 Å². The monoisotopic (exact) mass is 310 g/mol. The highest BCUT2D eigenvalue weighted by atomic mass is 16.4. The van der Waals surface area contributed by atoms with E-state index in [0.29, 0.717) is 26.1 Å². The third-order valence-corrected chi connectivity index (χ3v) is 3.93. The average Bonchev–Trinajstić information content (AvgIpc) is 2.54. The van der Waals surface area contributed by atoms with E-state index in [1.807, 2.05) is 43.0 Å². The molecule has 5 heteroatoms. The summed E-state index contributed by atoms with van der Waals surface area (Å²) in [5.41, 5.74) is 7.81. The predicted molar refractivity (Wildman–Crippen MR) is 88.2 cm³/mol. The highest BCUT2D eigenvalue weighted by molar-refractivity contribution is 5.22. The van der Waals surface area contributed by atoms with Gasteiger partial charge in [0, 0.05) is 19.6 Å². The standard InChI is InChI=1S/C17H30N2O3/c1-3-5-15(20)17(22)16(21)12-19(4-2)11-14-8-6-13(10-18)7-9-14/h6-9,15-17,20-22H,3-5,10-12,18H2,1-2H3. The minimum Gasteiger partial charge on any atom is -0.390 e. The van der Waals surface area contributed by atoms with Crippen molar-refractivity contribution in [2.75, 3.05) is 13.1 Å². The van der Waals surface area contributed by atoms with Crippen molar-refractivity contribution < 1.29 is 15.3 Å². The number of benzene rings is 1. The Morgan fingerprint density at radius 2 is 1.59 bits per heavy atom. The number of likely N-dealkylation sites (N-methyl/N-ethyl adjacent to an activating group) is 1. The summed E-state index contributed by atoms with van der Waals surface area (Å²) in [7, 11) is 0. The Bertz CT molecular complexity index is 411. The molecule has 0 aliphatic carbocycles. The molecule has 0 aromatic heterocycles. The van der Waals surface area contributed by atoms with Gasteiger partial charge in [0.05, 0.1) is 12.2 Å². The number of nitrogens with two attached hydrogens (primary N) is 1. The van der Waals surface area contributed by atoms with Crippen LogP contribution in [0.4, 0.5) is 0 Å². The Morgan fingerprint density at radius 3 is 2.09 bits per heavy atom. The Morgan fingerprint density at radius 1 is 1.00 bits per heavy atom. The zero-order valence-electron chi connectivity index (χ0n) is 13.7. The minimum absolute atomic E-state index is 0.330. The van der Waals surface area contributed by atoms with E-state index in [1.54, 1.807) is 0 Å². The molecule has 5 N–H and O–H groups in total. The van der Waals surface area contributed by atoms with Crippen LogP contribution in [0, 0.1) is 0 Å². The van der Waals surface area contributed by atoms with Gasteiger partial charge in [0.25, 0.3) is 0 Å². The third-order valence-electron chi connectivity index (χ3n) is 3.93. The number of rotatable bonds is 10. The average molecular weight is 310 g/mol. The summed E-state index contributed by atoms with van der Waals surface area (Å²) in [6.07, 6.45) is -1.66. The van der Waals surface area contributed by atoms with Gasteiger partial charge in [-0.25, -0.2) is 0 Å². The molecule has 0 aliphatic heterocycles. The van der Waals surface area contributed by atoms with Crippen LogP contribution >= 0.6 is 0 Å². The fourth-order valence-electron chi connectivity index (χ4n) is 2.44. The van der Waals surface area contributed by atoms with Crippen molar-refractivity contribution in [2.24, 2.45) is 5.73 Å². The molecule has 0 bridgehead atoms. The van der Waals surface area contributed by atoms with Crippen molar-refractivity contribution in [3.63, 3.8) is 0 Å². The molecule has 22 heavy (non-hydrogen) atoms. The van der Waals surface area contributed by atoms with Crippen LogP contribution in [-0.2, 0) is 13.1 Å². The molecule has 5 nitrogen and oxygen atoms in total. The number of nitrogens with zero attached hydrogens (tertiary/aromatic N) is 1. The number of aliphatic hydroxyl groups excluding tert-OH is 3. The van der Waals surface area contributed by atoms with Gasteiger partial charge in [0.1, 0.15) is 6.10 Å². The lowest BCUT2D eigenvalue weighted by molar-refractivity contribution is -0.0716. The van der Waals surface area contributed by atoms with Crippen LogP contribution in [0.25, 0.3) is 0 Å². The molecule has 1 aromatic rings. The van der Waals surface area contributed by atoms with Gasteiger partial charge in [-0.05, 0) is 24.1 Å². The maximum absolute atomic E-state index is 10.1. The highest BCUT2D eigenvalue weighted by Crippen LogP contribution is 2.11. The summed E-state index contributed by atoms with van der Waals surface area (Å²) in [5, 5.41) is 29.8. The molecule has 0 spiro atoms. The normalized spacial score (nSPS) is 15.8. The van der Waals surface area contributed by atoms with Gasteiger partial charge >= 0.3 is 0 Å². The van der Waals surface area contributed by atoms with Crippen molar-refractivity contribution in [1.82, 2.24) is 4.90 Å². The Hall–Kier alpha value is -0.980. The molecule has 0 radical (unpaired) electrons. The van der Waals surface area contributed by atoms with Crippen molar-refractivity contribution in [1.29, 1.82) is 0 Å². The van der Waals surface area contributed by atoms with Crippen LogP contribution in [-0.4, -0.2) is 51.6 Å². The van der Waals surface area contributed by atoms with Crippen molar-refractivity contribution in [2.45, 2.75) is 58.1 Å².